The number of hydrogen-bond acceptors (Lipinski definition) is 4. The van der Waals surface area contributed by atoms with E-state index < -0.39 is 11.5 Å². The lowest BCUT2D eigenvalue weighted by molar-refractivity contribution is -0.136. The van der Waals surface area contributed by atoms with Crippen LogP contribution in [0.25, 0.3) is 0 Å². The minimum atomic E-state index is -0.457. The number of amides is 1. The monoisotopic (exact) mass is 334 g/mol. The average molecular weight is 334 g/mol. The van der Waals surface area contributed by atoms with Gasteiger partial charge in [-0.05, 0) is 43.8 Å². The second kappa shape index (κ2) is 7.97. The largest absolute Gasteiger partial charge is 0.341 e. The minimum absolute atomic E-state index is 0.0178. The smallest absolute Gasteiger partial charge is 0.239 e. The molecule has 1 saturated heterocycles. The van der Waals surface area contributed by atoms with Crippen molar-refractivity contribution >= 4 is 23.5 Å². The number of carbonyl (C=O) groups is 2. The zero-order valence-corrected chi connectivity index (χ0v) is 14.8. The van der Waals surface area contributed by atoms with Crippen LogP contribution < -0.4 is 5.73 Å². The molecule has 0 unspecified atom stereocenters. The summed E-state index contributed by atoms with van der Waals surface area (Å²) in [5, 5.41) is 0. The Bertz CT molecular complexity index is 539. The molecular formula is C18H26N2O2S. The van der Waals surface area contributed by atoms with Gasteiger partial charge in [0.1, 0.15) is 5.78 Å². The number of Topliss-reactive ketones (excluding diaryl/α,β-unsaturated/α-hetero) is 1. The summed E-state index contributed by atoms with van der Waals surface area (Å²) >= 11 is 1.70. The van der Waals surface area contributed by atoms with Crippen LogP contribution in [0.3, 0.4) is 0 Å². The molecule has 1 amide bonds. The number of likely N-dealkylation sites (tertiary alicyclic amines) is 1. The number of hydrogen-bond donors (Lipinski definition) is 1. The van der Waals surface area contributed by atoms with Gasteiger partial charge in [-0.25, -0.2) is 0 Å². The van der Waals surface area contributed by atoms with Gasteiger partial charge in [0.2, 0.25) is 5.91 Å². The lowest BCUT2D eigenvalue weighted by Crippen LogP contribution is -2.52. The molecule has 5 heteroatoms. The summed E-state index contributed by atoms with van der Waals surface area (Å²) in [6.45, 7) is 2.86. The molecule has 126 valence electrons. The van der Waals surface area contributed by atoms with Crippen LogP contribution in [0.2, 0.25) is 0 Å². The third-order valence-electron chi connectivity index (χ3n) is 4.88. The third-order valence-corrected chi connectivity index (χ3v) is 5.52. The quantitative estimate of drug-likeness (QED) is 0.866. The number of ketones is 1. The highest BCUT2D eigenvalue weighted by Crippen LogP contribution is 2.36. The van der Waals surface area contributed by atoms with Gasteiger partial charge >= 0.3 is 0 Å². The summed E-state index contributed by atoms with van der Waals surface area (Å²) in [6.07, 6.45) is 4.06. The standard InChI is InChI=1S/C18H26N2O2S/c1-14(21)18(15-6-4-3-5-7-15)9-11-20(12-10-18)17(22)16(19)8-13-23-2/h3-7,16H,8-13,19H2,1-2H3/t16-/m0/s1. The van der Waals surface area contributed by atoms with Crippen molar-refractivity contribution in [2.75, 3.05) is 25.1 Å². The molecule has 1 aliphatic rings. The molecule has 1 fully saturated rings. The van der Waals surface area contributed by atoms with Crippen molar-refractivity contribution in [1.29, 1.82) is 0 Å². The molecule has 2 rings (SSSR count). The first-order valence-electron chi connectivity index (χ1n) is 8.11. The van der Waals surface area contributed by atoms with Gasteiger partial charge in [-0.3, -0.25) is 9.59 Å². The number of piperidine rings is 1. The number of rotatable bonds is 6. The molecule has 1 atom stereocenters. The van der Waals surface area contributed by atoms with Crippen molar-refractivity contribution in [2.45, 2.75) is 37.6 Å². The number of nitrogens with zero attached hydrogens (tertiary/aromatic N) is 1. The zero-order chi connectivity index (χ0) is 16.9. The molecule has 2 N–H and O–H groups in total. The SMILES string of the molecule is CSCC[C@H](N)C(=O)N1CCC(C(C)=O)(c2ccccc2)CC1. The highest BCUT2D eigenvalue weighted by atomic mass is 32.2. The highest BCUT2D eigenvalue weighted by molar-refractivity contribution is 7.98. The first-order chi connectivity index (χ1) is 11.0. The van der Waals surface area contributed by atoms with Gasteiger partial charge in [0.15, 0.2) is 0 Å². The van der Waals surface area contributed by atoms with Crippen molar-refractivity contribution in [3.8, 4) is 0 Å². The van der Waals surface area contributed by atoms with Gasteiger partial charge in [0.25, 0.3) is 0 Å². The highest BCUT2D eigenvalue weighted by Gasteiger charge is 2.41. The predicted octanol–water partition coefficient (Wildman–Crippen LogP) is 2.22. The average Bonchev–Trinajstić information content (AvgIpc) is 2.59. The molecule has 23 heavy (non-hydrogen) atoms. The molecule has 0 aromatic heterocycles. The normalized spacial score (nSPS) is 18.5. The number of thioether (sulfide) groups is 1. The molecule has 0 aliphatic carbocycles. The first kappa shape index (κ1) is 18.0. The lowest BCUT2D eigenvalue weighted by atomic mass is 9.70. The Kier molecular flexibility index (Phi) is 6.25. The van der Waals surface area contributed by atoms with Crippen LogP contribution in [0.4, 0.5) is 0 Å². The van der Waals surface area contributed by atoms with E-state index in [2.05, 4.69) is 0 Å². The Morgan fingerprint density at radius 1 is 1.26 bits per heavy atom. The summed E-state index contributed by atoms with van der Waals surface area (Å²) in [6, 6.07) is 9.50. The van der Waals surface area contributed by atoms with Crippen LogP contribution in [0.1, 0.15) is 31.7 Å². The summed E-state index contributed by atoms with van der Waals surface area (Å²) < 4.78 is 0. The lowest BCUT2D eigenvalue weighted by Gasteiger charge is -2.41. The van der Waals surface area contributed by atoms with Gasteiger partial charge < -0.3 is 10.6 Å². The van der Waals surface area contributed by atoms with Crippen molar-refractivity contribution < 1.29 is 9.59 Å². The minimum Gasteiger partial charge on any atom is -0.341 e. The van der Waals surface area contributed by atoms with E-state index in [1.54, 1.807) is 18.7 Å². The summed E-state index contributed by atoms with van der Waals surface area (Å²) in [7, 11) is 0. The van der Waals surface area contributed by atoms with Crippen molar-refractivity contribution in [3.63, 3.8) is 0 Å². The van der Waals surface area contributed by atoms with E-state index in [0.29, 0.717) is 32.4 Å². The molecule has 1 aliphatic heterocycles. The fraction of sp³-hybridized carbons (Fsp3) is 0.556. The van der Waals surface area contributed by atoms with E-state index in [1.165, 1.54) is 0 Å². The fourth-order valence-electron chi connectivity index (χ4n) is 3.31. The van der Waals surface area contributed by atoms with Gasteiger partial charge in [-0.2, -0.15) is 11.8 Å². The van der Waals surface area contributed by atoms with Crippen LogP contribution in [0.15, 0.2) is 30.3 Å². The van der Waals surface area contributed by atoms with Crippen LogP contribution in [0, 0.1) is 0 Å². The van der Waals surface area contributed by atoms with Gasteiger partial charge in [0, 0.05) is 13.1 Å². The first-order valence-corrected chi connectivity index (χ1v) is 9.50. The van der Waals surface area contributed by atoms with Gasteiger partial charge in [0.05, 0.1) is 11.5 Å². The number of benzene rings is 1. The third kappa shape index (κ3) is 3.96. The Morgan fingerprint density at radius 2 is 1.87 bits per heavy atom. The van der Waals surface area contributed by atoms with E-state index in [-0.39, 0.29) is 11.7 Å². The predicted molar refractivity (Wildman–Crippen MR) is 95.6 cm³/mol. The van der Waals surface area contributed by atoms with E-state index >= 15 is 0 Å². The maximum Gasteiger partial charge on any atom is 0.239 e. The number of carbonyl (C=O) groups excluding carboxylic acids is 2. The van der Waals surface area contributed by atoms with Crippen LogP contribution in [0.5, 0.6) is 0 Å². The molecule has 4 nitrogen and oxygen atoms in total. The Hall–Kier alpha value is -1.33. The molecule has 0 radical (unpaired) electrons. The Morgan fingerprint density at radius 3 is 2.39 bits per heavy atom. The van der Waals surface area contributed by atoms with Gasteiger partial charge in [-0.1, -0.05) is 30.3 Å². The molecule has 1 aromatic carbocycles. The summed E-state index contributed by atoms with van der Waals surface area (Å²) in [5.74, 6) is 1.09. The van der Waals surface area contributed by atoms with Crippen LogP contribution >= 0.6 is 11.8 Å². The van der Waals surface area contributed by atoms with E-state index in [9.17, 15) is 9.59 Å². The topological polar surface area (TPSA) is 63.4 Å². The fourth-order valence-corrected chi connectivity index (χ4v) is 3.80. The van der Waals surface area contributed by atoms with Crippen molar-refractivity contribution in [2.24, 2.45) is 5.73 Å². The van der Waals surface area contributed by atoms with Crippen molar-refractivity contribution in [1.82, 2.24) is 4.90 Å². The van der Waals surface area contributed by atoms with E-state index in [4.69, 9.17) is 5.73 Å². The second-order valence-corrected chi connectivity index (χ2v) is 7.20. The number of nitrogens with two attached hydrogens (primary N) is 1. The van der Waals surface area contributed by atoms with E-state index in [1.807, 2.05) is 41.5 Å². The maximum absolute atomic E-state index is 12.4. The Balaban J connectivity index is 2.06. The summed E-state index contributed by atoms with van der Waals surface area (Å²) in [4.78, 5) is 26.6. The summed E-state index contributed by atoms with van der Waals surface area (Å²) in [5.41, 5.74) is 6.61. The molecule has 0 saturated carbocycles. The molecule has 1 heterocycles. The van der Waals surface area contributed by atoms with Crippen LogP contribution in [-0.2, 0) is 15.0 Å². The Labute approximate surface area is 142 Å². The van der Waals surface area contributed by atoms with Gasteiger partial charge in [-0.15, -0.1) is 0 Å². The van der Waals surface area contributed by atoms with Crippen LogP contribution in [-0.4, -0.2) is 47.7 Å². The molecular weight excluding hydrogens is 308 g/mol. The second-order valence-electron chi connectivity index (χ2n) is 6.22. The molecule has 1 aromatic rings. The molecule has 0 spiro atoms. The maximum atomic E-state index is 12.4. The zero-order valence-electron chi connectivity index (χ0n) is 14.0. The van der Waals surface area contributed by atoms with Crippen molar-refractivity contribution in [3.05, 3.63) is 35.9 Å². The van der Waals surface area contributed by atoms with E-state index in [0.717, 1.165) is 11.3 Å². The molecule has 0 bridgehead atoms.